The van der Waals surface area contributed by atoms with Gasteiger partial charge in [0.2, 0.25) is 0 Å². The largest absolute Gasteiger partial charge is 0.316 e. The first-order valence-corrected chi connectivity index (χ1v) is 6.69. The second-order valence-electron chi connectivity index (χ2n) is 4.59. The van der Waals surface area contributed by atoms with Crippen LogP contribution in [0.1, 0.15) is 32.0 Å². The maximum absolute atomic E-state index is 4.50. The molecular formula is C12H23N3S. The first-order valence-electron chi connectivity index (χ1n) is 5.81. The van der Waals surface area contributed by atoms with Crippen LogP contribution in [0.2, 0.25) is 0 Å². The van der Waals surface area contributed by atoms with Crippen molar-refractivity contribution in [2.45, 2.75) is 44.5 Å². The van der Waals surface area contributed by atoms with Crippen LogP contribution in [-0.2, 0) is 13.6 Å². The number of hydrogen-bond acceptors (Lipinski definition) is 3. The average Bonchev–Trinajstić information content (AvgIpc) is 2.45. The second kappa shape index (κ2) is 5.73. The minimum atomic E-state index is 0.616. The van der Waals surface area contributed by atoms with Gasteiger partial charge >= 0.3 is 0 Å². The Morgan fingerprint density at radius 3 is 2.50 bits per heavy atom. The van der Waals surface area contributed by atoms with E-state index in [2.05, 4.69) is 38.1 Å². The molecule has 1 heterocycles. The molecule has 0 spiro atoms. The molecule has 0 fully saturated rings. The highest BCUT2D eigenvalue weighted by molar-refractivity contribution is 7.99. The number of thioether (sulfide) groups is 1. The summed E-state index contributed by atoms with van der Waals surface area (Å²) in [6.45, 7) is 9.78. The molecule has 0 aliphatic rings. The van der Waals surface area contributed by atoms with E-state index in [0.29, 0.717) is 11.2 Å². The number of rotatable bonds is 5. The van der Waals surface area contributed by atoms with E-state index in [9.17, 15) is 0 Å². The van der Waals surface area contributed by atoms with E-state index in [0.717, 1.165) is 12.2 Å². The van der Waals surface area contributed by atoms with Crippen LogP contribution >= 0.6 is 11.8 Å². The van der Waals surface area contributed by atoms with Gasteiger partial charge in [0.1, 0.15) is 0 Å². The van der Waals surface area contributed by atoms with Crippen LogP contribution in [-0.4, -0.2) is 22.1 Å². The monoisotopic (exact) mass is 241 g/mol. The summed E-state index contributed by atoms with van der Waals surface area (Å²) in [5.41, 5.74) is 2.47. The van der Waals surface area contributed by atoms with Crippen LogP contribution in [0.25, 0.3) is 0 Å². The van der Waals surface area contributed by atoms with Gasteiger partial charge in [0.25, 0.3) is 0 Å². The summed E-state index contributed by atoms with van der Waals surface area (Å²) in [6, 6.07) is 0. The van der Waals surface area contributed by atoms with E-state index in [1.54, 1.807) is 0 Å². The Bertz CT molecular complexity index is 344. The summed E-state index contributed by atoms with van der Waals surface area (Å²) in [7, 11) is 4.01. The van der Waals surface area contributed by atoms with E-state index in [-0.39, 0.29) is 0 Å². The standard InChI is InChI=1S/C12H23N3S/c1-8(2)10(4)16-12-11(7-13-5)9(3)14-15(12)6/h8,10,13H,7H2,1-6H3. The number of aryl methyl sites for hydroxylation is 2. The molecule has 92 valence electrons. The number of aromatic nitrogens is 2. The maximum atomic E-state index is 4.50. The molecule has 1 aromatic rings. The third-order valence-electron chi connectivity index (χ3n) is 2.88. The van der Waals surface area contributed by atoms with Gasteiger partial charge in [-0.15, -0.1) is 11.8 Å². The van der Waals surface area contributed by atoms with Gasteiger partial charge in [0.05, 0.1) is 10.7 Å². The van der Waals surface area contributed by atoms with E-state index in [1.165, 1.54) is 10.6 Å². The molecular weight excluding hydrogens is 218 g/mol. The summed E-state index contributed by atoms with van der Waals surface area (Å²) >= 11 is 1.93. The summed E-state index contributed by atoms with van der Waals surface area (Å²) in [5, 5.41) is 9.63. The summed E-state index contributed by atoms with van der Waals surface area (Å²) in [6.07, 6.45) is 0. The van der Waals surface area contributed by atoms with Crippen molar-refractivity contribution in [1.82, 2.24) is 15.1 Å². The fourth-order valence-electron chi connectivity index (χ4n) is 1.52. The number of hydrogen-bond donors (Lipinski definition) is 1. The molecule has 0 saturated heterocycles. The van der Waals surface area contributed by atoms with Crippen molar-refractivity contribution in [3.8, 4) is 0 Å². The van der Waals surface area contributed by atoms with E-state index < -0.39 is 0 Å². The maximum Gasteiger partial charge on any atom is 0.0987 e. The second-order valence-corrected chi connectivity index (χ2v) is 5.96. The molecule has 0 aromatic carbocycles. The van der Waals surface area contributed by atoms with Crippen molar-refractivity contribution in [1.29, 1.82) is 0 Å². The topological polar surface area (TPSA) is 29.9 Å². The molecule has 0 radical (unpaired) electrons. The first-order chi connectivity index (χ1) is 7.47. The highest BCUT2D eigenvalue weighted by atomic mass is 32.2. The molecule has 4 heteroatoms. The molecule has 0 bridgehead atoms. The molecule has 1 N–H and O–H groups in total. The minimum absolute atomic E-state index is 0.616. The van der Waals surface area contributed by atoms with Gasteiger partial charge in [0.15, 0.2) is 0 Å². The van der Waals surface area contributed by atoms with Crippen LogP contribution in [0.3, 0.4) is 0 Å². The third kappa shape index (κ3) is 3.01. The van der Waals surface area contributed by atoms with Crippen molar-refractivity contribution < 1.29 is 0 Å². The Hall–Kier alpha value is -0.480. The molecule has 1 rings (SSSR count). The van der Waals surface area contributed by atoms with Crippen molar-refractivity contribution in [3.63, 3.8) is 0 Å². The van der Waals surface area contributed by atoms with E-state index in [1.807, 2.05) is 30.5 Å². The molecule has 3 nitrogen and oxygen atoms in total. The van der Waals surface area contributed by atoms with Crippen LogP contribution in [0, 0.1) is 12.8 Å². The molecule has 0 aliphatic heterocycles. The SMILES string of the molecule is CNCc1c(C)nn(C)c1SC(C)C(C)C. The Morgan fingerprint density at radius 1 is 1.38 bits per heavy atom. The molecule has 16 heavy (non-hydrogen) atoms. The molecule has 0 saturated carbocycles. The molecule has 1 aromatic heterocycles. The smallest absolute Gasteiger partial charge is 0.0987 e. The quantitative estimate of drug-likeness (QED) is 0.804. The molecule has 1 atom stereocenters. The molecule has 0 amide bonds. The Morgan fingerprint density at radius 2 is 2.00 bits per heavy atom. The normalized spacial score (nSPS) is 13.4. The van der Waals surface area contributed by atoms with Gasteiger partial charge in [-0.1, -0.05) is 20.8 Å². The van der Waals surface area contributed by atoms with Crippen molar-refractivity contribution >= 4 is 11.8 Å². The predicted molar refractivity (Wildman–Crippen MR) is 70.9 cm³/mol. The lowest BCUT2D eigenvalue weighted by atomic mass is 10.2. The lowest BCUT2D eigenvalue weighted by Crippen LogP contribution is -2.10. The molecule has 1 unspecified atom stereocenters. The van der Waals surface area contributed by atoms with Gasteiger partial charge in [0, 0.05) is 24.4 Å². The number of nitrogens with one attached hydrogen (secondary N) is 1. The first kappa shape index (κ1) is 13.6. The van der Waals surface area contributed by atoms with Crippen LogP contribution in [0.5, 0.6) is 0 Å². The predicted octanol–water partition coefficient (Wildman–Crippen LogP) is 2.58. The van der Waals surface area contributed by atoms with Crippen molar-refractivity contribution in [2.75, 3.05) is 7.05 Å². The van der Waals surface area contributed by atoms with Crippen LogP contribution in [0.15, 0.2) is 5.03 Å². The highest BCUT2D eigenvalue weighted by Gasteiger charge is 2.17. The fraction of sp³-hybridized carbons (Fsp3) is 0.750. The highest BCUT2D eigenvalue weighted by Crippen LogP contribution is 2.31. The molecule has 0 aliphatic carbocycles. The van der Waals surface area contributed by atoms with Crippen LogP contribution < -0.4 is 5.32 Å². The van der Waals surface area contributed by atoms with Gasteiger partial charge in [-0.05, 0) is 19.9 Å². The zero-order valence-electron chi connectivity index (χ0n) is 11.2. The third-order valence-corrected chi connectivity index (χ3v) is 4.53. The van der Waals surface area contributed by atoms with E-state index >= 15 is 0 Å². The van der Waals surface area contributed by atoms with Gasteiger partial charge in [-0.3, -0.25) is 4.68 Å². The van der Waals surface area contributed by atoms with Gasteiger partial charge in [-0.2, -0.15) is 5.10 Å². The zero-order chi connectivity index (χ0) is 12.3. The van der Waals surface area contributed by atoms with Gasteiger partial charge < -0.3 is 5.32 Å². The van der Waals surface area contributed by atoms with Crippen LogP contribution in [0.4, 0.5) is 0 Å². The Labute approximate surface area is 103 Å². The van der Waals surface area contributed by atoms with Gasteiger partial charge in [-0.25, -0.2) is 0 Å². The fourth-order valence-corrected chi connectivity index (χ4v) is 2.70. The lowest BCUT2D eigenvalue weighted by Gasteiger charge is -2.16. The Balaban J connectivity index is 2.93. The summed E-state index contributed by atoms with van der Waals surface area (Å²) < 4.78 is 2.01. The Kier molecular flexibility index (Phi) is 4.87. The van der Waals surface area contributed by atoms with Crippen molar-refractivity contribution in [3.05, 3.63) is 11.3 Å². The number of nitrogens with zero attached hydrogens (tertiary/aromatic N) is 2. The average molecular weight is 241 g/mol. The zero-order valence-corrected chi connectivity index (χ0v) is 12.0. The van der Waals surface area contributed by atoms with E-state index in [4.69, 9.17) is 0 Å². The van der Waals surface area contributed by atoms with Crippen molar-refractivity contribution in [2.24, 2.45) is 13.0 Å². The summed E-state index contributed by atoms with van der Waals surface area (Å²) in [4.78, 5) is 0. The lowest BCUT2D eigenvalue weighted by molar-refractivity contribution is 0.632. The summed E-state index contributed by atoms with van der Waals surface area (Å²) in [5.74, 6) is 0.683. The minimum Gasteiger partial charge on any atom is -0.316 e.